The van der Waals surface area contributed by atoms with E-state index in [4.69, 9.17) is 17.1 Å². The van der Waals surface area contributed by atoms with Gasteiger partial charge in [-0.15, -0.1) is 0 Å². The maximum absolute atomic E-state index is 11.2. The number of hydrogen-bond donors (Lipinski definition) is 1. The summed E-state index contributed by atoms with van der Waals surface area (Å²) in [7, 11) is 0. The molecule has 110 valence electrons. The third-order valence-electron chi connectivity index (χ3n) is 2.77. The van der Waals surface area contributed by atoms with Crippen LogP contribution in [0, 0.1) is 0 Å². The summed E-state index contributed by atoms with van der Waals surface area (Å²) in [5.74, 6) is -0.363. The van der Waals surface area contributed by atoms with Crippen molar-refractivity contribution < 1.29 is 9.63 Å². The van der Waals surface area contributed by atoms with Crippen LogP contribution in [0.15, 0.2) is 60.7 Å². The van der Waals surface area contributed by atoms with Gasteiger partial charge < -0.3 is 4.84 Å². The van der Waals surface area contributed by atoms with Gasteiger partial charge in [0.15, 0.2) is 0 Å². The van der Waals surface area contributed by atoms with Crippen molar-refractivity contribution >= 4 is 64.2 Å². The van der Waals surface area contributed by atoms with Gasteiger partial charge in [0, 0.05) is 17.8 Å². The molecule has 4 nitrogen and oxygen atoms in total. The molecule has 0 saturated heterocycles. The van der Waals surface area contributed by atoms with Crippen molar-refractivity contribution in [3.8, 4) is 0 Å². The predicted octanol–water partition coefficient (Wildman–Crippen LogP) is 2.92. The number of carbonyl (C=O) groups is 1. The fourth-order valence-electron chi connectivity index (χ4n) is 1.76. The summed E-state index contributed by atoms with van der Waals surface area (Å²) in [6, 6.07) is 19.3. The van der Waals surface area contributed by atoms with Crippen LogP contribution < -0.4 is 10.4 Å². The summed E-state index contributed by atoms with van der Waals surface area (Å²) in [5.41, 5.74) is 4.30. The van der Waals surface area contributed by atoms with Crippen LogP contribution in [0.1, 0.15) is 13.3 Å². The average molecular weight is 324 g/mol. The number of rotatable bonds is 3. The van der Waals surface area contributed by atoms with E-state index in [-0.39, 0.29) is 41.9 Å². The first-order valence-electron chi connectivity index (χ1n) is 6.62. The third kappa shape index (κ3) is 5.10. The van der Waals surface area contributed by atoms with Crippen molar-refractivity contribution in [1.29, 1.82) is 0 Å². The van der Waals surface area contributed by atoms with Crippen LogP contribution in [0.25, 0.3) is 0 Å². The molecule has 0 saturated carbocycles. The molecule has 0 spiro atoms. The van der Waals surface area contributed by atoms with Gasteiger partial charge in [-0.2, -0.15) is 5.48 Å². The number of nitrogens with one attached hydrogen (secondary N) is 1. The zero-order valence-electron chi connectivity index (χ0n) is 11.7. The second-order valence-corrected chi connectivity index (χ2v) is 4.63. The van der Waals surface area contributed by atoms with E-state index in [2.05, 4.69) is 5.48 Å². The molecule has 2 aromatic carbocycles. The van der Waals surface area contributed by atoms with Gasteiger partial charge in [-0.25, -0.2) is 4.79 Å². The SMILES string of the molecule is CCC(=O)ONC(=S)N(c1ccccc1)c1ccccc1.[NaH]. The molecule has 0 heterocycles. The molecule has 0 amide bonds. The van der Waals surface area contributed by atoms with Crippen molar-refractivity contribution in [1.82, 2.24) is 5.48 Å². The van der Waals surface area contributed by atoms with E-state index in [1.54, 1.807) is 11.8 Å². The Bertz CT molecular complexity index is 569. The molecule has 0 unspecified atom stereocenters. The summed E-state index contributed by atoms with van der Waals surface area (Å²) in [6.07, 6.45) is 0.284. The summed E-state index contributed by atoms with van der Waals surface area (Å²) in [6.45, 7) is 1.72. The van der Waals surface area contributed by atoms with E-state index >= 15 is 0 Å². The van der Waals surface area contributed by atoms with Crippen LogP contribution in [0.5, 0.6) is 0 Å². The molecule has 22 heavy (non-hydrogen) atoms. The van der Waals surface area contributed by atoms with E-state index in [9.17, 15) is 4.79 Å². The zero-order valence-corrected chi connectivity index (χ0v) is 12.5. The Balaban J connectivity index is 0.00000242. The first-order chi connectivity index (χ1) is 10.2. The predicted molar refractivity (Wildman–Crippen MR) is 94.3 cm³/mol. The molecule has 0 aliphatic carbocycles. The van der Waals surface area contributed by atoms with E-state index in [0.717, 1.165) is 11.4 Å². The van der Waals surface area contributed by atoms with Crippen molar-refractivity contribution in [2.45, 2.75) is 13.3 Å². The zero-order chi connectivity index (χ0) is 15.1. The second kappa shape index (κ2) is 9.58. The van der Waals surface area contributed by atoms with Gasteiger partial charge in [0.2, 0.25) is 5.11 Å². The van der Waals surface area contributed by atoms with Crippen LogP contribution in [-0.2, 0) is 9.63 Å². The summed E-state index contributed by atoms with van der Waals surface area (Å²) in [4.78, 5) is 18.0. The van der Waals surface area contributed by atoms with E-state index in [1.807, 2.05) is 60.7 Å². The van der Waals surface area contributed by atoms with Crippen molar-refractivity contribution in [2.75, 3.05) is 4.90 Å². The van der Waals surface area contributed by atoms with E-state index in [0.29, 0.717) is 5.11 Å². The van der Waals surface area contributed by atoms with E-state index in [1.165, 1.54) is 0 Å². The Morgan fingerprint density at radius 3 is 1.91 bits per heavy atom. The molecule has 0 aliphatic rings. The third-order valence-corrected chi connectivity index (χ3v) is 3.04. The summed E-state index contributed by atoms with van der Waals surface area (Å²) < 4.78 is 0. The summed E-state index contributed by atoms with van der Waals surface area (Å²) >= 11 is 5.34. The van der Waals surface area contributed by atoms with E-state index < -0.39 is 0 Å². The first-order valence-corrected chi connectivity index (χ1v) is 7.03. The average Bonchev–Trinajstić information content (AvgIpc) is 2.55. The molecule has 2 aromatic rings. The standard InChI is InChI=1S/C16H16N2O2S.Na.H/c1-2-15(19)20-17-16(21)18(13-9-5-3-6-10-13)14-11-7-4-8-12-14;;/h3-12H,2H2,1H3,(H,17,21);;. The van der Waals surface area contributed by atoms with Gasteiger partial charge >= 0.3 is 35.5 Å². The van der Waals surface area contributed by atoms with Gasteiger partial charge in [0.1, 0.15) is 0 Å². The molecule has 0 bridgehead atoms. The molecule has 0 aliphatic heterocycles. The fourth-order valence-corrected chi connectivity index (χ4v) is 2.01. The fraction of sp³-hybridized carbons (Fsp3) is 0.125. The van der Waals surface area contributed by atoms with Gasteiger partial charge in [-0.05, 0) is 36.5 Å². The first kappa shape index (κ1) is 18.6. The van der Waals surface area contributed by atoms with Crippen molar-refractivity contribution in [3.05, 3.63) is 60.7 Å². The quantitative estimate of drug-likeness (QED) is 0.534. The number of thiocarbonyl (C=S) groups is 1. The molecule has 0 fully saturated rings. The molecule has 0 atom stereocenters. The van der Waals surface area contributed by atoms with Gasteiger partial charge in [0.25, 0.3) is 0 Å². The summed E-state index contributed by atoms with van der Waals surface area (Å²) in [5, 5.41) is 0.300. The Hall–Kier alpha value is -1.40. The van der Waals surface area contributed by atoms with Crippen LogP contribution in [0.4, 0.5) is 11.4 Å². The molecule has 6 heteroatoms. The van der Waals surface area contributed by atoms with Gasteiger partial charge in [-0.3, -0.25) is 4.90 Å². The Morgan fingerprint density at radius 1 is 1.05 bits per heavy atom. The van der Waals surface area contributed by atoms with Crippen LogP contribution >= 0.6 is 12.2 Å². The number of anilines is 2. The number of benzene rings is 2. The number of nitrogens with zero attached hydrogens (tertiary/aromatic N) is 1. The topological polar surface area (TPSA) is 41.6 Å². The van der Waals surface area contributed by atoms with Crippen LogP contribution in [0.3, 0.4) is 0 Å². The Labute approximate surface area is 157 Å². The normalized spacial score (nSPS) is 9.32. The van der Waals surface area contributed by atoms with Crippen molar-refractivity contribution in [3.63, 3.8) is 0 Å². The monoisotopic (exact) mass is 324 g/mol. The maximum atomic E-state index is 11.2. The molecular weight excluding hydrogens is 307 g/mol. The van der Waals surface area contributed by atoms with Crippen LogP contribution in [0.2, 0.25) is 0 Å². The minimum absolute atomic E-state index is 0. The molecule has 2 rings (SSSR count). The second-order valence-electron chi connectivity index (χ2n) is 4.24. The number of hydroxylamine groups is 1. The van der Waals surface area contributed by atoms with Gasteiger partial charge in [0.05, 0.1) is 0 Å². The molecule has 0 aromatic heterocycles. The number of carbonyl (C=O) groups excluding carboxylic acids is 1. The Kier molecular flexibility index (Phi) is 8.12. The molecular formula is C16H17N2NaO2S. The molecule has 0 radical (unpaired) electrons. The minimum atomic E-state index is -0.363. The van der Waals surface area contributed by atoms with Crippen molar-refractivity contribution in [2.24, 2.45) is 0 Å². The number of para-hydroxylation sites is 2. The van der Waals surface area contributed by atoms with Crippen LogP contribution in [-0.4, -0.2) is 40.6 Å². The Morgan fingerprint density at radius 2 is 1.50 bits per heavy atom. The van der Waals surface area contributed by atoms with Gasteiger partial charge in [-0.1, -0.05) is 43.3 Å². The molecule has 1 N–H and O–H groups in total. The number of hydrogen-bond acceptors (Lipinski definition) is 3.